The molecule has 0 spiro atoms. The second-order valence-electron chi connectivity index (χ2n) is 5.74. The van der Waals surface area contributed by atoms with Gasteiger partial charge in [0.25, 0.3) is 5.91 Å². The minimum Gasteiger partial charge on any atom is -0.376 e. The molecule has 9 heteroatoms. The number of thiophene rings is 1. The molecule has 1 aromatic carbocycles. The van der Waals surface area contributed by atoms with Crippen molar-refractivity contribution in [1.29, 1.82) is 0 Å². The van der Waals surface area contributed by atoms with Gasteiger partial charge < -0.3 is 5.32 Å². The minimum atomic E-state index is -0.337. The molecule has 0 aliphatic rings. The highest BCUT2D eigenvalue weighted by atomic mass is 35.5. The van der Waals surface area contributed by atoms with Crippen LogP contribution in [-0.4, -0.2) is 23.3 Å². The van der Waals surface area contributed by atoms with E-state index in [1.165, 1.54) is 22.7 Å². The summed E-state index contributed by atoms with van der Waals surface area (Å²) >= 11 is 8.82. The van der Waals surface area contributed by atoms with E-state index >= 15 is 0 Å². The molecule has 2 aromatic heterocycles. The molecule has 0 aliphatic carbocycles. The Morgan fingerprint density at radius 1 is 1.07 bits per heavy atom. The third-order valence-electron chi connectivity index (χ3n) is 3.52. The van der Waals surface area contributed by atoms with Crippen molar-refractivity contribution in [1.82, 2.24) is 15.8 Å². The highest BCUT2D eigenvalue weighted by molar-refractivity contribution is 7.23. The highest BCUT2D eigenvalue weighted by Gasteiger charge is 2.11. The zero-order chi connectivity index (χ0) is 19.2. The molecule has 0 bridgehead atoms. The van der Waals surface area contributed by atoms with Crippen LogP contribution in [0.4, 0.5) is 5.69 Å². The lowest BCUT2D eigenvalue weighted by molar-refractivity contribution is -0.127. The number of amides is 2. The molecule has 0 unspecified atom stereocenters. The predicted octanol–water partition coefficient (Wildman–Crippen LogP) is 3.64. The van der Waals surface area contributed by atoms with E-state index in [4.69, 9.17) is 11.6 Å². The van der Waals surface area contributed by atoms with Gasteiger partial charge >= 0.3 is 0 Å². The predicted molar refractivity (Wildman–Crippen MR) is 110 cm³/mol. The number of benzene rings is 1. The van der Waals surface area contributed by atoms with Crippen molar-refractivity contribution in [3.63, 3.8) is 0 Å². The number of hydrogen-bond acceptors (Lipinski definition) is 6. The number of hydrazine groups is 1. The van der Waals surface area contributed by atoms with Crippen LogP contribution in [0.5, 0.6) is 0 Å². The Morgan fingerprint density at radius 2 is 1.81 bits per heavy atom. The molecule has 0 saturated heterocycles. The number of carbonyl (C=O) groups excluding carboxylic acids is 2. The molecule has 27 heavy (non-hydrogen) atoms. The van der Waals surface area contributed by atoms with Crippen LogP contribution in [0.15, 0.2) is 41.8 Å². The monoisotopic (exact) mass is 420 g/mol. The van der Waals surface area contributed by atoms with E-state index in [1.807, 2.05) is 48.7 Å². The van der Waals surface area contributed by atoms with Crippen molar-refractivity contribution in [2.75, 3.05) is 11.9 Å². The lowest BCUT2D eigenvalue weighted by atomic mass is 10.2. The molecule has 2 amide bonds. The average molecular weight is 421 g/mol. The van der Waals surface area contributed by atoms with Gasteiger partial charge in [-0.25, -0.2) is 4.98 Å². The second-order valence-corrected chi connectivity index (χ2v) is 8.31. The quantitative estimate of drug-likeness (QED) is 0.532. The van der Waals surface area contributed by atoms with Crippen molar-refractivity contribution in [3.8, 4) is 9.88 Å². The van der Waals surface area contributed by atoms with Crippen LogP contribution in [0.25, 0.3) is 9.88 Å². The molecule has 0 fully saturated rings. The van der Waals surface area contributed by atoms with Crippen LogP contribution in [0, 0.1) is 6.92 Å². The number of hydrogen-bond donors (Lipinski definition) is 3. The zero-order valence-corrected chi connectivity index (χ0v) is 16.8. The van der Waals surface area contributed by atoms with Crippen LogP contribution in [0.2, 0.25) is 4.34 Å². The van der Waals surface area contributed by atoms with Crippen LogP contribution in [-0.2, 0) is 16.0 Å². The van der Waals surface area contributed by atoms with Gasteiger partial charge in [0.05, 0.1) is 27.9 Å². The molecule has 6 nitrogen and oxygen atoms in total. The van der Waals surface area contributed by atoms with Crippen molar-refractivity contribution >= 4 is 51.8 Å². The van der Waals surface area contributed by atoms with E-state index in [9.17, 15) is 9.59 Å². The minimum absolute atomic E-state index is 0.0589. The van der Waals surface area contributed by atoms with E-state index in [2.05, 4.69) is 21.2 Å². The maximum atomic E-state index is 12.0. The maximum Gasteiger partial charge on any atom is 0.257 e. The Morgan fingerprint density at radius 3 is 2.52 bits per heavy atom. The van der Waals surface area contributed by atoms with E-state index in [1.54, 1.807) is 0 Å². The van der Waals surface area contributed by atoms with Gasteiger partial charge in [-0.15, -0.1) is 22.7 Å². The van der Waals surface area contributed by atoms with Gasteiger partial charge in [-0.1, -0.05) is 29.3 Å². The van der Waals surface area contributed by atoms with Crippen molar-refractivity contribution in [3.05, 3.63) is 57.4 Å². The third kappa shape index (κ3) is 5.78. The number of halogens is 1. The first-order chi connectivity index (χ1) is 13.0. The molecule has 3 N–H and O–H groups in total. The summed E-state index contributed by atoms with van der Waals surface area (Å²) in [5.74, 6) is -0.670. The highest BCUT2D eigenvalue weighted by Crippen LogP contribution is 2.32. The summed E-state index contributed by atoms with van der Waals surface area (Å²) in [6.45, 7) is 2.05. The molecule has 2 heterocycles. The van der Waals surface area contributed by atoms with Crippen molar-refractivity contribution in [2.24, 2.45) is 0 Å². The summed E-state index contributed by atoms with van der Waals surface area (Å²) < 4.78 is 0.696. The van der Waals surface area contributed by atoms with Crippen LogP contribution >= 0.6 is 34.3 Å². The lowest BCUT2D eigenvalue weighted by Gasteiger charge is -2.08. The normalized spacial score (nSPS) is 10.4. The topological polar surface area (TPSA) is 83.1 Å². The average Bonchev–Trinajstić information content (AvgIpc) is 3.28. The molecule has 3 rings (SSSR count). The zero-order valence-electron chi connectivity index (χ0n) is 14.4. The number of nitrogens with zero attached hydrogens (tertiary/aromatic N) is 1. The number of nitrogens with one attached hydrogen (secondary N) is 3. The number of anilines is 1. The molecule has 0 atom stereocenters. The molecular weight excluding hydrogens is 404 g/mol. The molecule has 0 aliphatic heterocycles. The number of aromatic nitrogens is 1. The summed E-state index contributed by atoms with van der Waals surface area (Å²) in [5, 5.41) is 5.63. The van der Waals surface area contributed by atoms with Gasteiger partial charge in [0, 0.05) is 11.1 Å². The van der Waals surface area contributed by atoms with Gasteiger partial charge in [-0.2, -0.15) is 0 Å². The number of thiazole rings is 1. The Hall–Kier alpha value is -2.42. The van der Waals surface area contributed by atoms with Gasteiger partial charge in [-0.3, -0.25) is 20.4 Å². The van der Waals surface area contributed by atoms with Gasteiger partial charge in [-0.05, 0) is 31.2 Å². The van der Waals surface area contributed by atoms with Crippen LogP contribution in [0.1, 0.15) is 11.3 Å². The van der Waals surface area contributed by atoms with Gasteiger partial charge in [0.2, 0.25) is 5.91 Å². The van der Waals surface area contributed by atoms with E-state index in [-0.39, 0.29) is 24.8 Å². The van der Waals surface area contributed by atoms with Gasteiger partial charge in [0.15, 0.2) is 0 Å². The first-order valence-electron chi connectivity index (χ1n) is 8.08. The number of aryl methyl sites for hydroxylation is 1. The Kier molecular flexibility index (Phi) is 6.44. The summed E-state index contributed by atoms with van der Waals surface area (Å²) in [7, 11) is 0. The smallest absolute Gasteiger partial charge is 0.257 e. The molecule has 140 valence electrons. The maximum absolute atomic E-state index is 12.0. The fraction of sp³-hybridized carbons (Fsp3) is 0.167. The van der Waals surface area contributed by atoms with Gasteiger partial charge in [0.1, 0.15) is 5.01 Å². The molecule has 0 saturated carbocycles. The summed E-state index contributed by atoms with van der Waals surface area (Å²) in [6, 6.07) is 11.4. The van der Waals surface area contributed by atoms with Crippen molar-refractivity contribution < 1.29 is 9.59 Å². The summed E-state index contributed by atoms with van der Waals surface area (Å²) in [4.78, 5) is 29.2. The largest absolute Gasteiger partial charge is 0.376 e. The standard InChI is InChI=1S/C18H17ClN4O2S2/c1-11-2-4-12(5-3-11)20-9-17(25)23-22-16(24)8-13-10-26-18(21-13)14-6-7-15(19)27-14/h2-7,10,20H,8-9H2,1H3,(H,22,24)(H,23,25). The second kappa shape index (κ2) is 8.98. The number of rotatable bonds is 6. The fourth-order valence-corrected chi connectivity index (χ4v) is 4.11. The Balaban J connectivity index is 1.42. The van der Waals surface area contributed by atoms with E-state index in [0.717, 1.165) is 21.1 Å². The SMILES string of the molecule is Cc1ccc(NCC(=O)NNC(=O)Cc2csc(-c3ccc(Cl)s3)n2)cc1. The summed E-state index contributed by atoms with van der Waals surface area (Å²) in [5.41, 5.74) is 7.41. The Bertz CT molecular complexity index is 937. The van der Waals surface area contributed by atoms with Crippen LogP contribution < -0.4 is 16.2 Å². The van der Waals surface area contributed by atoms with E-state index in [0.29, 0.717) is 10.0 Å². The lowest BCUT2D eigenvalue weighted by Crippen LogP contribution is -2.44. The molecular formula is C18H17ClN4O2S2. The first-order valence-corrected chi connectivity index (χ1v) is 10.2. The number of carbonyl (C=O) groups is 2. The molecule has 0 radical (unpaired) electrons. The summed E-state index contributed by atoms with van der Waals surface area (Å²) in [6.07, 6.45) is 0.0846. The van der Waals surface area contributed by atoms with E-state index < -0.39 is 0 Å². The van der Waals surface area contributed by atoms with Crippen molar-refractivity contribution in [2.45, 2.75) is 13.3 Å². The van der Waals surface area contributed by atoms with Crippen LogP contribution in [0.3, 0.4) is 0 Å². The third-order valence-corrected chi connectivity index (χ3v) is 5.81. The fourth-order valence-electron chi connectivity index (χ4n) is 2.18. The molecule has 3 aromatic rings. The Labute approximate surface area is 169 Å². The first kappa shape index (κ1) is 19.3.